The molecule has 0 aromatic rings. The number of hydrogen-bond acceptors (Lipinski definition) is 4. The molecule has 0 rings (SSSR count). The van der Waals surface area contributed by atoms with Gasteiger partial charge in [-0.05, 0) is 6.92 Å². The number of halogens is 17. The molecule has 0 heterocycles. The van der Waals surface area contributed by atoms with Crippen molar-refractivity contribution in [2.45, 2.75) is 55.3 Å². The molecule has 0 saturated carbocycles. The van der Waals surface area contributed by atoms with Crippen molar-refractivity contribution in [2.24, 2.45) is 0 Å². The van der Waals surface area contributed by atoms with Crippen LogP contribution in [0.15, 0.2) is 0 Å². The van der Waals surface area contributed by atoms with Gasteiger partial charge in [0.15, 0.2) is 0 Å². The van der Waals surface area contributed by atoms with Crippen molar-refractivity contribution in [1.29, 1.82) is 0 Å². The van der Waals surface area contributed by atoms with E-state index in [-0.39, 0.29) is 0 Å². The first kappa shape index (κ1) is 30.2. The van der Waals surface area contributed by atoms with Gasteiger partial charge in [-0.3, -0.25) is 9.47 Å². The van der Waals surface area contributed by atoms with E-state index in [9.17, 15) is 79.4 Å². The Morgan fingerprint density at radius 3 is 1.28 bits per heavy atom. The molecule has 32 heavy (non-hydrogen) atoms. The van der Waals surface area contributed by atoms with Gasteiger partial charge in [0.25, 0.3) is 0 Å². The maximum atomic E-state index is 13.8. The summed E-state index contributed by atoms with van der Waals surface area (Å²) in [5.74, 6) is -26.4. The summed E-state index contributed by atoms with van der Waals surface area (Å²) in [7, 11) is 0. The fraction of sp³-hybridized carbons (Fsp3) is 0.909. The van der Waals surface area contributed by atoms with Crippen molar-refractivity contribution >= 4 is 5.97 Å². The Labute approximate surface area is 163 Å². The molecule has 0 amide bonds. The van der Waals surface area contributed by atoms with Gasteiger partial charge in [-0.1, -0.05) is 0 Å². The van der Waals surface area contributed by atoms with Crippen molar-refractivity contribution in [2.75, 3.05) is 6.61 Å². The molecule has 0 aliphatic heterocycles. The normalized spacial score (nSPS) is 18.7. The van der Waals surface area contributed by atoms with Gasteiger partial charge < -0.3 is 4.74 Å². The molecule has 21 heteroatoms. The van der Waals surface area contributed by atoms with Crippen LogP contribution in [0.25, 0.3) is 0 Å². The Bertz CT molecular complexity index is 679. The second kappa shape index (κ2) is 8.20. The smallest absolute Gasteiger partial charge is 0.462 e. The molecule has 0 N–H and O–H groups in total. The Balaban J connectivity index is 6.70. The molecular weight excluding hydrogens is 519 g/mol. The molecule has 0 bridgehead atoms. The summed E-state index contributed by atoms with van der Waals surface area (Å²) in [6, 6.07) is 0. The lowest BCUT2D eigenvalue weighted by molar-refractivity contribution is -0.548. The van der Waals surface area contributed by atoms with E-state index in [0.717, 1.165) is 0 Å². The minimum atomic E-state index is -8.03. The van der Waals surface area contributed by atoms with Crippen LogP contribution in [0, 0.1) is 0 Å². The Kier molecular flexibility index (Phi) is 7.74. The first-order valence-corrected chi connectivity index (χ1v) is 6.93. The summed E-state index contributed by atoms with van der Waals surface area (Å²) in [4.78, 5) is 10.9. The second-order valence-corrected chi connectivity index (χ2v) is 5.22. The highest BCUT2D eigenvalue weighted by Gasteiger charge is 2.85. The van der Waals surface area contributed by atoms with E-state index in [1.807, 2.05) is 0 Å². The maximum Gasteiger partial charge on any atom is 0.462 e. The lowest BCUT2D eigenvalue weighted by atomic mass is 10.2. The first-order valence-electron chi connectivity index (χ1n) is 6.93. The zero-order chi connectivity index (χ0) is 26.4. The predicted octanol–water partition coefficient (Wildman–Crippen LogP) is 5.42. The van der Waals surface area contributed by atoms with E-state index < -0.39 is 61.0 Å². The summed E-state index contributed by atoms with van der Waals surface area (Å²) in [6.45, 7) is -0.771. The first-order chi connectivity index (χ1) is 13.6. The third-order valence-electron chi connectivity index (χ3n) is 2.90. The fourth-order valence-corrected chi connectivity index (χ4v) is 1.37. The number of rotatable bonds is 8. The van der Waals surface area contributed by atoms with Crippen molar-refractivity contribution in [3.8, 4) is 0 Å². The third-order valence-corrected chi connectivity index (χ3v) is 2.90. The standard InChI is InChI=1S/C11H5F17O4/c1-2-30-3(29)4(12,7(16,17)18)31-11(27,28)6(15,9(22,23)24)32-10(25,26)5(13,14)8(19,20)21/h2H2,1H3/t4-,6-/m0/s1. The van der Waals surface area contributed by atoms with Crippen LogP contribution in [0.5, 0.6) is 0 Å². The zero-order valence-corrected chi connectivity index (χ0v) is 14.3. The van der Waals surface area contributed by atoms with Crippen LogP contribution in [-0.4, -0.2) is 61.0 Å². The van der Waals surface area contributed by atoms with Crippen molar-refractivity contribution in [3.63, 3.8) is 0 Å². The highest BCUT2D eigenvalue weighted by atomic mass is 19.4. The van der Waals surface area contributed by atoms with E-state index in [2.05, 4.69) is 4.74 Å². The predicted molar refractivity (Wildman–Crippen MR) is 59.5 cm³/mol. The lowest BCUT2D eigenvalue weighted by Crippen LogP contribution is -2.68. The second-order valence-electron chi connectivity index (χ2n) is 5.22. The maximum absolute atomic E-state index is 13.8. The molecule has 0 aromatic heterocycles. The van der Waals surface area contributed by atoms with Gasteiger partial charge in [-0.2, -0.15) is 74.6 Å². The van der Waals surface area contributed by atoms with Crippen LogP contribution >= 0.6 is 0 Å². The number of ether oxygens (including phenoxy) is 3. The van der Waals surface area contributed by atoms with Crippen LogP contribution in [0.2, 0.25) is 0 Å². The van der Waals surface area contributed by atoms with Gasteiger partial charge in [0, 0.05) is 0 Å². The van der Waals surface area contributed by atoms with Crippen molar-refractivity contribution < 1.29 is 93.6 Å². The number of alkyl halides is 17. The summed E-state index contributed by atoms with van der Waals surface area (Å²) in [5.41, 5.74) is 0. The van der Waals surface area contributed by atoms with E-state index in [1.54, 1.807) is 4.74 Å². The quantitative estimate of drug-likeness (QED) is 0.315. The van der Waals surface area contributed by atoms with Gasteiger partial charge in [-0.15, -0.1) is 0 Å². The number of hydrogen-bond donors (Lipinski definition) is 0. The summed E-state index contributed by atoms with van der Waals surface area (Å²) < 4.78 is 223. The molecular formula is C11H5F17O4. The minimum absolute atomic E-state index is 0.560. The zero-order valence-electron chi connectivity index (χ0n) is 14.3. The average molecular weight is 524 g/mol. The molecule has 192 valence electrons. The molecule has 4 nitrogen and oxygen atoms in total. The average Bonchev–Trinajstić information content (AvgIpc) is 2.50. The molecule has 0 fully saturated rings. The topological polar surface area (TPSA) is 44.8 Å². The molecule has 2 atom stereocenters. The van der Waals surface area contributed by atoms with Gasteiger partial charge in [-0.25, -0.2) is 4.79 Å². The molecule has 0 aliphatic rings. The molecule has 0 aromatic carbocycles. The highest BCUT2D eigenvalue weighted by molar-refractivity contribution is 5.78. The monoisotopic (exact) mass is 524 g/mol. The Morgan fingerprint density at radius 1 is 0.594 bits per heavy atom. The van der Waals surface area contributed by atoms with E-state index in [0.29, 0.717) is 6.92 Å². The van der Waals surface area contributed by atoms with Crippen molar-refractivity contribution in [3.05, 3.63) is 0 Å². The van der Waals surface area contributed by atoms with Gasteiger partial charge in [0.1, 0.15) is 0 Å². The summed E-state index contributed by atoms with van der Waals surface area (Å²) >= 11 is 0. The van der Waals surface area contributed by atoms with Gasteiger partial charge in [0.05, 0.1) is 6.61 Å². The van der Waals surface area contributed by atoms with Crippen LogP contribution in [0.1, 0.15) is 6.92 Å². The SMILES string of the molecule is CCOC(=O)[C@](F)(OC(F)(F)[C@@](F)(OC(F)(F)C(F)(F)C(F)(F)F)C(F)(F)F)C(F)(F)F. The van der Waals surface area contributed by atoms with E-state index in [1.165, 1.54) is 4.74 Å². The fourth-order valence-electron chi connectivity index (χ4n) is 1.37. The lowest BCUT2D eigenvalue weighted by Gasteiger charge is -2.39. The third kappa shape index (κ3) is 5.06. The van der Waals surface area contributed by atoms with Crippen LogP contribution in [0.4, 0.5) is 74.6 Å². The summed E-state index contributed by atoms with van der Waals surface area (Å²) in [5, 5.41) is 0. The minimum Gasteiger partial charge on any atom is -0.462 e. The van der Waals surface area contributed by atoms with Crippen molar-refractivity contribution in [1.82, 2.24) is 0 Å². The number of carbonyl (C=O) groups is 1. The Hall–Kier alpha value is -1.80. The molecule has 0 radical (unpaired) electrons. The van der Waals surface area contributed by atoms with Gasteiger partial charge >= 0.3 is 54.3 Å². The Morgan fingerprint density at radius 2 is 1.00 bits per heavy atom. The summed E-state index contributed by atoms with van der Waals surface area (Å²) in [6.07, 6.45) is -38.5. The molecule has 0 unspecified atom stereocenters. The highest BCUT2D eigenvalue weighted by Crippen LogP contribution is 2.56. The number of carbonyl (C=O) groups excluding carboxylic acids is 1. The molecule has 0 spiro atoms. The van der Waals surface area contributed by atoms with Crippen LogP contribution in [0.3, 0.4) is 0 Å². The van der Waals surface area contributed by atoms with E-state index in [4.69, 9.17) is 0 Å². The molecule has 0 saturated heterocycles. The van der Waals surface area contributed by atoms with Gasteiger partial charge in [0.2, 0.25) is 0 Å². The molecule has 0 aliphatic carbocycles. The number of esters is 1. The largest absolute Gasteiger partial charge is 0.462 e. The van der Waals surface area contributed by atoms with Crippen LogP contribution in [-0.2, 0) is 19.0 Å². The van der Waals surface area contributed by atoms with E-state index >= 15 is 0 Å². The van der Waals surface area contributed by atoms with Crippen LogP contribution < -0.4 is 0 Å².